The van der Waals surface area contributed by atoms with Gasteiger partial charge in [0.05, 0.1) is 5.75 Å². The Bertz CT molecular complexity index is 1290. The third-order valence-electron chi connectivity index (χ3n) is 4.78. The van der Waals surface area contributed by atoms with Crippen molar-refractivity contribution in [1.82, 2.24) is 20.1 Å². The van der Waals surface area contributed by atoms with Gasteiger partial charge in [-0.1, -0.05) is 59.8 Å². The van der Waals surface area contributed by atoms with Crippen molar-refractivity contribution in [1.29, 1.82) is 0 Å². The summed E-state index contributed by atoms with van der Waals surface area (Å²) in [7, 11) is 0. The van der Waals surface area contributed by atoms with Crippen molar-refractivity contribution in [3.05, 3.63) is 65.3 Å². The molecule has 0 aliphatic heterocycles. The van der Waals surface area contributed by atoms with Crippen molar-refractivity contribution in [2.45, 2.75) is 22.7 Å². The predicted octanol–water partition coefficient (Wildman–Crippen LogP) is 5.42. The second kappa shape index (κ2) is 11.7. The van der Waals surface area contributed by atoms with Crippen molar-refractivity contribution < 1.29 is 9.59 Å². The summed E-state index contributed by atoms with van der Waals surface area (Å²) in [5.74, 6) is 0.905. The minimum atomic E-state index is -0.142. The third kappa shape index (κ3) is 6.32. The Labute approximate surface area is 214 Å². The number of hydrogen-bond donors (Lipinski definition) is 2. The van der Waals surface area contributed by atoms with Crippen LogP contribution in [0.15, 0.2) is 64.0 Å². The number of aromatic nitrogens is 3. The molecule has 0 radical (unpaired) electrons. The standard InChI is InChI=1S/C23H22ClN5O2S3/c1-2-32-23-28-27-22(34-23)26-20(30)14-33-19-13-29(18-6-4-3-5-17(18)19)12-11-25-21(31)15-7-9-16(24)10-8-15/h3-10,13H,2,11-12,14H2,1H3,(H,25,31)(H,26,27,30). The first-order valence-corrected chi connectivity index (χ1v) is 13.7. The maximum Gasteiger partial charge on any atom is 0.251 e. The number of nitrogens with one attached hydrogen (secondary N) is 2. The van der Waals surface area contributed by atoms with Crippen LogP contribution in [0, 0.1) is 0 Å². The van der Waals surface area contributed by atoms with E-state index in [9.17, 15) is 9.59 Å². The number of carbonyl (C=O) groups is 2. The molecule has 0 spiro atoms. The van der Waals surface area contributed by atoms with Gasteiger partial charge in [-0.3, -0.25) is 14.9 Å². The van der Waals surface area contributed by atoms with E-state index in [0.717, 1.165) is 25.9 Å². The predicted molar refractivity (Wildman–Crippen MR) is 141 cm³/mol. The lowest BCUT2D eigenvalue weighted by atomic mass is 10.2. The molecule has 7 nitrogen and oxygen atoms in total. The van der Waals surface area contributed by atoms with Gasteiger partial charge < -0.3 is 9.88 Å². The molecular formula is C23H22ClN5O2S3. The lowest BCUT2D eigenvalue weighted by Crippen LogP contribution is -2.27. The molecule has 176 valence electrons. The molecule has 11 heteroatoms. The average Bonchev–Trinajstić information content (AvgIpc) is 3.42. The van der Waals surface area contributed by atoms with E-state index in [1.165, 1.54) is 23.1 Å². The molecule has 0 aliphatic carbocycles. The maximum absolute atomic E-state index is 12.4. The first-order chi connectivity index (χ1) is 16.5. The van der Waals surface area contributed by atoms with Crippen LogP contribution in [0.2, 0.25) is 5.02 Å². The van der Waals surface area contributed by atoms with Gasteiger partial charge in [-0.15, -0.1) is 22.0 Å². The highest BCUT2D eigenvalue weighted by molar-refractivity contribution is 8.01. The molecule has 0 unspecified atom stereocenters. The van der Waals surface area contributed by atoms with Crippen LogP contribution in [0.5, 0.6) is 0 Å². The van der Waals surface area contributed by atoms with Gasteiger partial charge in [-0.25, -0.2) is 0 Å². The van der Waals surface area contributed by atoms with Crippen molar-refractivity contribution in [3.63, 3.8) is 0 Å². The van der Waals surface area contributed by atoms with E-state index in [4.69, 9.17) is 11.6 Å². The Morgan fingerprint density at radius 1 is 1.09 bits per heavy atom. The number of para-hydroxylation sites is 1. The van der Waals surface area contributed by atoms with Crippen LogP contribution in [0.4, 0.5) is 5.13 Å². The highest BCUT2D eigenvalue weighted by atomic mass is 35.5. The molecule has 0 bridgehead atoms. The Hall–Kier alpha value is -2.53. The zero-order valence-corrected chi connectivity index (χ0v) is 21.5. The van der Waals surface area contributed by atoms with E-state index in [2.05, 4.69) is 25.4 Å². The number of thioether (sulfide) groups is 2. The number of rotatable bonds is 10. The summed E-state index contributed by atoms with van der Waals surface area (Å²) in [5.41, 5.74) is 1.62. The van der Waals surface area contributed by atoms with E-state index in [1.54, 1.807) is 36.0 Å². The van der Waals surface area contributed by atoms with E-state index < -0.39 is 0 Å². The molecule has 2 heterocycles. The lowest BCUT2D eigenvalue weighted by Gasteiger charge is -2.08. The molecule has 4 rings (SSSR count). The number of hydrogen-bond acceptors (Lipinski definition) is 7. The molecule has 0 fully saturated rings. The van der Waals surface area contributed by atoms with Gasteiger partial charge in [-0.05, 0) is 36.1 Å². The molecule has 0 aliphatic rings. The smallest absolute Gasteiger partial charge is 0.251 e. The second-order valence-electron chi connectivity index (χ2n) is 7.11. The quantitative estimate of drug-likeness (QED) is 0.210. The molecule has 2 amide bonds. The lowest BCUT2D eigenvalue weighted by molar-refractivity contribution is -0.113. The largest absolute Gasteiger partial charge is 0.350 e. The monoisotopic (exact) mass is 531 g/mol. The van der Waals surface area contributed by atoms with Crippen LogP contribution in [0.1, 0.15) is 17.3 Å². The fourth-order valence-electron chi connectivity index (χ4n) is 3.25. The van der Waals surface area contributed by atoms with Gasteiger partial charge in [0, 0.05) is 45.7 Å². The van der Waals surface area contributed by atoms with Crippen molar-refractivity contribution >= 4 is 74.3 Å². The zero-order valence-electron chi connectivity index (χ0n) is 18.3. The van der Waals surface area contributed by atoms with E-state index in [0.29, 0.717) is 28.8 Å². The Kier molecular flexibility index (Phi) is 8.49. The van der Waals surface area contributed by atoms with E-state index in [1.807, 2.05) is 37.4 Å². The number of fused-ring (bicyclic) bond motifs is 1. The van der Waals surface area contributed by atoms with Gasteiger partial charge in [0.2, 0.25) is 11.0 Å². The molecule has 0 atom stereocenters. The Morgan fingerprint density at radius 2 is 1.88 bits per heavy atom. The molecule has 2 N–H and O–H groups in total. The molecule has 34 heavy (non-hydrogen) atoms. The first kappa shape index (κ1) is 24.6. The van der Waals surface area contributed by atoms with Gasteiger partial charge in [0.25, 0.3) is 5.91 Å². The minimum absolute atomic E-state index is 0.124. The first-order valence-electron chi connectivity index (χ1n) is 10.5. The average molecular weight is 532 g/mol. The summed E-state index contributed by atoms with van der Waals surface area (Å²) in [6, 6.07) is 14.8. The highest BCUT2D eigenvalue weighted by Gasteiger charge is 2.13. The van der Waals surface area contributed by atoms with Crippen molar-refractivity contribution in [3.8, 4) is 0 Å². The SMILES string of the molecule is CCSc1nnc(NC(=O)CSc2cn(CCNC(=O)c3ccc(Cl)cc3)c3ccccc23)s1. The molecule has 4 aromatic rings. The van der Waals surface area contributed by atoms with Crippen LogP contribution < -0.4 is 10.6 Å². The molecular weight excluding hydrogens is 510 g/mol. The number of nitrogens with zero attached hydrogens (tertiary/aromatic N) is 3. The normalized spacial score (nSPS) is 11.0. The zero-order chi connectivity index (χ0) is 23.9. The fourth-order valence-corrected chi connectivity index (χ4v) is 5.93. The number of carbonyl (C=O) groups excluding carboxylic acids is 2. The second-order valence-corrected chi connectivity index (χ2v) is 11.1. The summed E-state index contributed by atoms with van der Waals surface area (Å²) in [5, 5.41) is 16.0. The Morgan fingerprint density at radius 3 is 2.68 bits per heavy atom. The van der Waals surface area contributed by atoms with Crippen molar-refractivity contribution in [2.75, 3.05) is 23.4 Å². The van der Waals surface area contributed by atoms with Crippen LogP contribution >= 0.6 is 46.5 Å². The van der Waals surface area contributed by atoms with Crippen molar-refractivity contribution in [2.24, 2.45) is 0 Å². The van der Waals surface area contributed by atoms with Crippen LogP contribution in [-0.2, 0) is 11.3 Å². The highest BCUT2D eigenvalue weighted by Crippen LogP contribution is 2.30. The van der Waals surface area contributed by atoms with Crippen LogP contribution in [-0.4, -0.2) is 44.6 Å². The number of anilines is 1. The summed E-state index contributed by atoms with van der Waals surface area (Å²) < 4.78 is 2.94. The fraction of sp³-hybridized carbons (Fsp3) is 0.217. The number of amides is 2. The summed E-state index contributed by atoms with van der Waals surface area (Å²) >= 11 is 10.3. The van der Waals surface area contributed by atoms with Crippen LogP contribution in [0.25, 0.3) is 10.9 Å². The third-order valence-corrected chi connectivity index (χ3v) is 7.93. The van der Waals surface area contributed by atoms with Gasteiger partial charge in [0.15, 0.2) is 4.34 Å². The van der Waals surface area contributed by atoms with Gasteiger partial charge >= 0.3 is 0 Å². The van der Waals surface area contributed by atoms with Gasteiger partial charge in [0.1, 0.15) is 0 Å². The number of benzene rings is 2. The number of halogens is 1. The minimum Gasteiger partial charge on any atom is -0.350 e. The summed E-state index contributed by atoms with van der Waals surface area (Å²) in [6.07, 6.45) is 2.03. The Balaban J connectivity index is 1.35. The summed E-state index contributed by atoms with van der Waals surface area (Å²) in [4.78, 5) is 25.8. The molecule has 2 aromatic carbocycles. The summed E-state index contributed by atoms with van der Waals surface area (Å²) in [6.45, 7) is 3.13. The molecule has 0 saturated carbocycles. The molecule has 2 aromatic heterocycles. The topological polar surface area (TPSA) is 88.9 Å². The van der Waals surface area contributed by atoms with Gasteiger partial charge in [-0.2, -0.15) is 0 Å². The van der Waals surface area contributed by atoms with E-state index in [-0.39, 0.29) is 17.6 Å². The molecule has 0 saturated heterocycles. The maximum atomic E-state index is 12.4. The van der Waals surface area contributed by atoms with E-state index >= 15 is 0 Å². The van der Waals surface area contributed by atoms with Crippen LogP contribution in [0.3, 0.4) is 0 Å².